The number of likely N-dealkylation sites (tertiary alicyclic amines) is 1. The molecule has 164 valence electrons. The van der Waals surface area contributed by atoms with Gasteiger partial charge in [0.25, 0.3) is 0 Å². The number of nitrogens with one attached hydrogen (secondary N) is 1. The lowest BCUT2D eigenvalue weighted by Crippen LogP contribution is -2.38. The van der Waals surface area contributed by atoms with Gasteiger partial charge in [-0.2, -0.15) is 0 Å². The number of hydrogen-bond donors (Lipinski definition) is 1. The zero-order chi connectivity index (χ0) is 22.5. The molecule has 0 saturated carbocycles. The van der Waals surface area contributed by atoms with Crippen LogP contribution in [0.2, 0.25) is 0 Å². The third-order valence-corrected chi connectivity index (χ3v) is 5.43. The topological polar surface area (TPSA) is 83.9 Å². The van der Waals surface area contributed by atoms with E-state index < -0.39 is 0 Å². The minimum Gasteiger partial charge on any atom is -0.331 e. The van der Waals surface area contributed by atoms with E-state index in [0.717, 1.165) is 41.9 Å². The number of anilines is 2. The molecule has 1 aromatic carbocycles. The number of aromatic nitrogens is 4. The fraction of sp³-hybridized carbons (Fsp3) is 0.320. The molecule has 2 aromatic heterocycles. The Morgan fingerprint density at radius 1 is 1.00 bits per heavy atom. The minimum atomic E-state index is -0.0842. The van der Waals surface area contributed by atoms with Gasteiger partial charge >= 0.3 is 0 Å². The molecule has 3 aromatic rings. The van der Waals surface area contributed by atoms with E-state index in [-0.39, 0.29) is 11.9 Å². The molecular formula is C25H28N6O. The van der Waals surface area contributed by atoms with Crippen molar-refractivity contribution >= 4 is 23.7 Å². The fourth-order valence-electron chi connectivity index (χ4n) is 4.05. The van der Waals surface area contributed by atoms with Crippen LogP contribution in [0, 0.1) is 20.8 Å². The molecule has 4 rings (SSSR count). The first kappa shape index (κ1) is 21.6. The number of hydrogen-bond acceptors (Lipinski definition) is 6. The van der Waals surface area contributed by atoms with Crippen LogP contribution in [-0.4, -0.2) is 37.3 Å². The van der Waals surface area contributed by atoms with Crippen LogP contribution in [0.5, 0.6) is 0 Å². The Labute approximate surface area is 188 Å². The van der Waals surface area contributed by atoms with Gasteiger partial charge in [-0.25, -0.2) is 19.9 Å². The molecule has 7 nitrogen and oxygen atoms in total. The number of amides is 1. The van der Waals surface area contributed by atoms with Crippen LogP contribution in [0.25, 0.3) is 6.08 Å². The summed E-state index contributed by atoms with van der Waals surface area (Å²) in [6.45, 7) is 6.45. The maximum absolute atomic E-state index is 13.1. The molecule has 32 heavy (non-hydrogen) atoms. The van der Waals surface area contributed by atoms with Gasteiger partial charge in [0.05, 0.1) is 11.7 Å². The molecule has 0 spiro atoms. The maximum Gasteiger partial charge on any atom is 0.247 e. The summed E-state index contributed by atoms with van der Waals surface area (Å²) in [5.41, 5.74) is 3.62. The average molecular weight is 429 g/mol. The fourth-order valence-corrected chi connectivity index (χ4v) is 4.05. The quantitative estimate of drug-likeness (QED) is 0.593. The first-order valence-electron chi connectivity index (χ1n) is 11.0. The van der Waals surface area contributed by atoms with E-state index in [1.807, 2.05) is 74.2 Å². The van der Waals surface area contributed by atoms with Gasteiger partial charge in [0, 0.05) is 30.1 Å². The maximum atomic E-state index is 13.1. The Hall–Kier alpha value is -3.61. The summed E-state index contributed by atoms with van der Waals surface area (Å²) in [6, 6.07) is 13.6. The second-order valence-corrected chi connectivity index (χ2v) is 8.11. The molecule has 1 amide bonds. The van der Waals surface area contributed by atoms with Gasteiger partial charge in [0.1, 0.15) is 11.6 Å². The normalized spacial score (nSPS) is 16.3. The lowest BCUT2D eigenvalue weighted by atomic mass is 9.98. The molecule has 0 radical (unpaired) electrons. The van der Waals surface area contributed by atoms with E-state index in [1.54, 1.807) is 6.08 Å². The van der Waals surface area contributed by atoms with Crippen LogP contribution in [0.4, 0.5) is 11.8 Å². The number of rotatable bonds is 5. The highest BCUT2D eigenvalue weighted by molar-refractivity contribution is 5.92. The first-order valence-corrected chi connectivity index (χ1v) is 11.0. The summed E-state index contributed by atoms with van der Waals surface area (Å²) in [4.78, 5) is 33.0. The molecule has 1 N–H and O–H groups in total. The van der Waals surface area contributed by atoms with E-state index >= 15 is 0 Å². The molecule has 1 fully saturated rings. The Balaban J connectivity index is 1.57. The number of aryl methyl sites for hydroxylation is 3. The zero-order valence-electron chi connectivity index (χ0n) is 18.7. The van der Waals surface area contributed by atoms with Crippen LogP contribution in [0.15, 0.2) is 48.5 Å². The molecule has 1 saturated heterocycles. The molecule has 1 aliphatic rings. The van der Waals surface area contributed by atoms with Crippen molar-refractivity contribution in [2.45, 2.75) is 46.1 Å². The van der Waals surface area contributed by atoms with Crippen molar-refractivity contribution in [3.05, 3.63) is 77.0 Å². The standard InChI is InChI=1S/C25H28N6O/c1-17-15-18(2)27-25(26-17)30-23-16-21(28-19(3)29-23)22-11-7-8-14-31(22)24(32)13-12-20-9-5-4-6-10-20/h4-6,9-10,12-13,15-16,22H,7-8,11,14H2,1-3H3,(H,26,27,28,29,30). The SMILES string of the molecule is Cc1cc(C)nc(Nc2cc(C3CCCCN3C(=O)C=Cc3ccccc3)nc(C)n2)n1. The van der Waals surface area contributed by atoms with Gasteiger partial charge in [-0.15, -0.1) is 0 Å². The number of benzene rings is 1. The summed E-state index contributed by atoms with van der Waals surface area (Å²) in [7, 11) is 0. The highest BCUT2D eigenvalue weighted by Crippen LogP contribution is 2.31. The van der Waals surface area contributed by atoms with Crippen molar-refractivity contribution in [2.24, 2.45) is 0 Å². The first-order chi connectivity index (χ1) is 15.5. The predicted molar refractivity (Wildman–Crippen MR) is 125 cm³/mol. The Morgan fingerprint density at radius 3 is 2.50 bits per heavy atom. The largest absolute Gasteiger partial charge is 0.331 e. The number of carbonyl (C=O) groups is 1. The smallest absolute Gasteiger partial charge is 0.247 e. The lowest BCUT2D eigenvalue weighted by Gasteiger charge is -2.35. The van der Waals surface area contributed by atoms with Gasteiger partial charge in [0.15, 0.2) is 0 Å². The molecule has 1 unspecified atom stereocenters. The average Bonchev–Trinajstić information content (AvgIpc) is 2.77. The molecular weight excluding hydrogens is 400 g/mol. The summed E-state index contributed by atoms with van der Waals surface area (Å²) in [5.74, 6) is 1.79. The molecule has 0 bridgehead atoms. The van der Waals surface area contributed by atoms with Crippen LogP contribution >= 0.6 is 0 Å². The Kier molecular flexibility index (Phi) is 6.54. The molecule has 1 aliphatic heterocycles. The number of carbonyl (C=O) groups excluding carboxylic acids is 1. The predicted octanol–water partition coefficient (Wildman–Crippen LogP) is 4.70. The molecule has 1 atom stereocenters. The van der Waals surface area contributed by atoms with Gasteiger partial charge < -0.3 is 10.2 Å². The monoisotopic (exact) mass is 428 g/mol. The minimum absolute atomic E-state index is 0.00182. The van der Waals surface area contributed by atoms with Gasteiger partial charge in [-0.3, -0.25) is 4.79 Å². The van der Waals surface area contributed by atoms with Crippen molar-refractivity contribution in [2.75, 3.05) is 11.9 Å². The van der Waals surface area contributed by atoms with E-state index in [1.165, 1.54) is 0 Å². The van der Waals surface area contributed by atoms with Crippen LogP contribution in [0.3, 0.4) is 0 Å². The van der Waals surface area contributed by atoms with Crippen LogP contribution in [-0.2, 0) is 4.79 Å². The van der Waals surface area contributed by atoms with Crippen LogP contribution in [0.1, 0.15) is 53.8 Å². The van der Waals surface area contributed by atoms with E-state index in [9.17, 15) is 4.79 Å². The Bertz CT molecular complexity index is 1110. The van der Waals surface area contributed by atoms with Gasteiger partial charge in [-0.1, -0.05) is 30.3 Å². The van der Waals surface area contributed by atoms with Crippen molar-refractivity contribution in [3.63, 3.8) is 0 Å². The van der Waals surface area contributed by atoms with Crippen LogP contribution < -0.4 is 5.32 Å². The molecule has 7 heteroatoms. The molecule has 3 heterocycles. The molecule has 0 aliphatic carbocycles. The lowest BCUT2D eigenvalue weighted by molar-refractivity contribution is -0.129. The highest BCUT2D eigenvalue weighted by atomic mass is 16.2. The van der Waals surface area contributed by atoms with E-state index in [2.05, 4.69) is 25.3 Å². The second kappa shape index (κ2) is 9.68. The summed E-state index contributed by atoms with van der Waals surface area (Å²) in [6.07, 6.45) is 6.45. The van der Waals surface area contributed by atoms with Gasteiger partial charge in [-0.05, 0) is 57.7 Å². The highest BCUT2D eigenvalue weighted by Gasteiger charge is 2.28. The number of nitrogens with zero attached hydrogens (tertiary/aromatic N) is 5. The second-order valence-electron chi connectivity index (χ2n) is 8.11. The van der Waals surface area contributed by atoms with Crippen molar-refractivity contribution in [1.82, 2.24) is 24.8 Å². The van der Waals surface area contributed by atoms with E-state index in [4.69, 9.17) is 0 Å². The van der Waals surface area contributed by atoms with Crippen molar-refractivity contribution in [1.29, 1.82) is 0 Å². The third kappa shape index (κ3) is 5.35. The van der Waals surface area contributed by atoms with Gasteiger partial charge in [0.2, 0.25) is 11.9 Å². The number of piperidine rings is 1. The van der Waals surface area contributed by atoms with Crippen molar-refractivity contribution in [3.8, 4) is 0 Å². The third-order valence-electron chi connectivity index (χ3n) is 5.43. The van der Waals surface area contributed by atoms with Crippen molar-refractivity contribution < 1.29 is 4.79 Å². The Morgan fingerprint density at radius 2 is 1.75 bits per heavy atom. The summed E-state index contributed by atoms with van der Waals surface area (Å²) < 4.78 is 0. The van der Waals surface area contributed by atoms with E-state index in [0.29, 0.717) is 24.1 Å². The summed E-state index contributed by atoms with van der Waals surface area (Å²) >= 11 is 0. The summed E-state index contributed by atoms with van der Waals surface area (Å²) in [5, 5.41) is 3.21. The zero-order valence-corrected chi connectivity index (χ0v) is 18.7.